The summed E-state index contributed by atoms with van der Waals surface area (Å²) < 4.78 is 0. The number of piperidine rings is 1. The van der Waals surface area contributed by atoms with Gasteiger partial charge < -0.3 is 10.6 Å². The quantitative estimate of drug-likeness (QED) is 0.854. The number of aromatic nitrogens is 1. The van der Waals surface area contributed by atoms with Gasteiger partial charge in [-0.25, -0.2) is 0 Å². The van der Waals surface area contributed by atoms with Crippen molar-refractivity contribution < 1.29 is 4.79 Å². The van der Waals surface area contributed by atoms with E-state index in [4.69, 9.17) is 0 Å². The maximum Gasteiger partial charge on any atom is 0.237 e. The van der Waals surface area contributed by atoms with Crippen molar-refractivity contribution in [2.45, 2.75) is 38.8 Å². The number of pyridine rings is 1. The Hall–Kier alpha value is -1.42. The molecule has 1 aromatic rings. The summed E-state index contributed by atoms with van der Waals surface area (Å²) in [6, 6.07) is 3.84. The number of nitrogens with zero attached hydrogens (tertiary/aromatic N) is 1. The molecule has 2 rings (SSSR count). The number of nitrogens with one attached hydrogen (secondary N) is 2. The molecule has 2 N–H and O–H groups in total. The third kappa shape index (κ3) is 3.07. The number of carbonyl (C=O) groups excluding carboxylic acids is 1. The molecular weight excluding hydrogens is 226 g/mol. The molecule has 3 atom stereocenters. The smallest absolute Gasteiger partial charge is 0.237 e. The Kier molecular flexibility index (Phi) is 4.31. The largest absolute Gasteiger partial charge is 0.348 e. The van der Waals surface area contributed by atoms with E-state index in [9.17, 15) is 4.79 Å². The van der Waals surface area contributed by atoms with Crippen molar-refractivity contribution >= 4 is 5.91 Å². The Balaban J connectivity index is 1.94. The Morgan fingerprint density at radius 2 is 2.22 bits per heavy atom. The maximum absolute atomic E-state index is 12.2. The number of carbonyl (C=O) groups is 1. The van der Waals surface area contributed by atoms with Crippen LogP contribution in [0.15, 0.2) is 24.5 Å². The van der Waals surface area contributed by atoms with Crippen LogP contribution < -0.4 is 10.6 Å². The van der Waals surface area contributed by atoms with Crippen molar-refractivity contribution in [1.82, 2.24) is 15.6 Å². The highest BCUT2D eigenvalue weighted by molar-refractivity contribution is 5.82. The second kappa shape index (κ2) is 5.96. The molecule has 1 aliphatic rings. The van der Waals surface area contributed by atoms with Crippen LogP contribution in [-0.2, 0) is 4.79 Å². The zero-order chi connectivity index (χ0) is 13.0. The van der Waals surface area contributed by atoms with Gasteiger partial charge in [0.25, 0.3) is 0 Å². The van der Waals surface area contributed by atoms with E-state index < -0.39 is 0 Å². The van der Waals surface area contributed by atoms with Crippen LogP contribution in [0.1, 0.15) is 38.3 Å². The lowest BCUT2D eigenvalue weighted by Crippen LogP contribution is -2.51. The summed E-state index contributed by atoms with van der Waals surface area (Å²) in [5, 5.41) is 6.37. The second-order valence-corrected chi connectivity index (χ2v) is 5.06. The molecule has 2 heterocycles. The highest BCUT2D eigenvalue weighted by atomic mass is 16.2. The van der Waals surface area contributed by atoms with E-state index in [1.165, 1.54) is 0 Å². The molecular formula is C14H21N3O. The molecule has 1 amide bonds. The minimum Gasteiger partial charge on any atom is -0.348 e. The van der Waals surface area contributed by atoms with Gasteiger partial charge in [-0.05, 0) is 49.9 Å². The number of hydrogen-bond donors (Lipinski definition) is 2. The van der Waals surface area contributed by atoms with E-state index in [1.807, 2.05) is 19.1 Å². The predicted molar refractivity (Wildman–Crippen MR) is 71.0 cm³/mol. The third-order valence-corrected chi connectivity index (χ3v) is 3.62. The fourth-order valence-corrected chi connectivity index (χ4v) is 2.44. The molecule has 0 radical (unpaired) electrons. The van der Waals surface area contributed by atoms with Gasteiger partial charge in [-0.3, -0.25) is 9.78 Å². The number of amides is 1. The third-order valence-electron chi connectivity index (χ3n) is 3.62. The van der Waals surface area contributed by atoms with Gasteiger partial charge in [-0.2, -0.15) is 0 Å². The first-order valence-electron chi connectivity index (χ1n) is 6.62. The Morgan fingerprint density at radius 1 is 1.50 bits per heavy atom. The van der Waals surface area contributed by atoms with Crippen molar-refractivity contribution in [3.05, 3.63) is 30.1 Å². The van der Waals surface area contributed by atoms with Crippen molar-refractivity contribution in [2.24, 2.45) is 5.92 Å². The van der Waals surface area contributed by atoms with Crippen LogP contribution in [0, 0.1) is 5.92 Å². The molecule has 0 saturated carbocycles. The lowest BCUT2D eigenvalue weighted by molar-refractivity contribution is -0.125. The molecule has 0 aromatic carbocycles. The Bertz CT molecular complexity index is 393. The number of hydrogen-bond acceptors (Lipinski definition) is 3. The fraction of sp³-hybridized carbons (Fsp3) is 0.571. The average molecular weight is 247 g/mol. The topological polar surface area (TPSA) is 54.0 Å². The first kappa shape index (κ1) is 13.0. The van der Waals surface area contributed by atoms with Gasteiger partial charge in [0.1, 0.15) is 0 Å². The standard InChI is InChI=1S/C14H21N3O/c1-10-4-3-7-16-13(10)14(18)17-11(2)12-5-8-15-9-6-12/h5-6,8-11,13,16H,3-4,7H2,1-2H3,(H,17,18). The Morgan fingerprint density at radius 3 is 2.89 bits per heavy atom. The van der Waals surface area contributed by atoms with E-state index in [0.29, 0.717) is 5.92 Å². The molecule has 4 nitrogen and oxygen atoms in total. The van der Waals surface area contributed by atoms with Crippen LogP contribution in [-0.4, -0.2) is 23.5 Å². The molecule has 3 unspecified atom stereocenters. The van der Waals surface area contributed by atoms with Gasteiger partial charge >= 0.3 is 0 Å². The lowest BCUT2D eigenvalue weighted by Gasteiger charge is -2.30. The minimum atomic E-state index is -0.0527. The highest BCUT2D eigenvalue weighted by Gasteiger charge is 2.28. The number of rotatable bonds is 3. The summed E-state index contributed by atoms with van der Waals surface area (Å²) in [6.45, 7) is 5.07. The maximum atomic E-state index is 12.2. The zero-order valence-electron chi connectivity index (χ0n) is 11.0. The summed E-state index contributed by atoms with van der Waals surface area (Å²) in [6.07, 6.45) is 5.78. The van der Waals surface area contributed by atoms with E-state index in [0.717, 1.165) is 24.9 Å². The summed E-state index contributed by atoms with van der Waals surface area (Å²) in [4.78, 5) is 16.2. The SMILES string of the molecule is CC(NC(=O)C1NCCCC1C)c1ccncc1. The van der Waals surface area contributed by atoms with Crippen LogP contribution >= 0.6 is 0 Å². The van der Waals surface area contributed by atoms with E-state index >= 15 is 0 Å². The van der Waals surface area contributed by atoms with Crippen LogP contribution in [0.2, 0.25) is 0 Å². The summed E-state index contributed by atoms with van der Waals surface area (Å²) in [7, 11) is 0. The molecule has 18 heavy (non-hydrogen) atoms. The van der Waals surface area contributed by atoms with Crippen molar-refractivity contribution in [3.8, 4) is 0 Å². The van der Waals surface area contributed by atoms with E-state index in [1.54, 1.807) is 12.4 Å². The van der Waals surface area contributed by atoms with Crippen LogP contribution in [0.4, 0.5) is 0 Å². The first-order valence-corrected chi connectivity index (χ1v) is 6.62. The fourth-order valence-electron chi connectivity index (χ4n) is 2.44. The molecule has 1 fully saturated rings. The molecule has 0 aliphatic carbocycles. The minimum absolute atomic E-state index is 0.0245. The van der Waals surface area contributed by atoms with Crippen LogP contribution in [0.3, 0.4) is 0 Å². The van der Waals surface area contributed by atoms with Crippen molar-refractivity contribution in [3.63, 3.8) is 0 Å². The predicted octanol–water partition coefficient (Wildman–Crippen LogP) is 1.65. The summed E-state index contributed by atoms with van der Waals surface area (Å²) >= 11 is 0. The zero-order valence-corrected chi connectivity index (χ0v) is 11.0. The van der Waals surface area contributed by atoms with Gasteiger partial charge in [0.15, 0.2) is 0 Å². The molecule has 98 valence electrons. The van der Waals surface area contributed by atoms with Crippen molar-refractivity contribution in [2.75, 3.05) is 6.54 Å². The van der Waals surface area contributed by atoms with Gasteiger partial charge in [-0.15, -0.1) is 0 Å². The Labute approximate surface area is 108 Å². The van der Waals surface area contributed by atoms with Crippen molar-refractivity contribution in [1.29, 1.82) is 0 Å². The highest BCUT2D eigenvalue weighted by Crippen LogP contribution is 2.17. The van der Waals surface area contributed by atoms with E-state index in [-0.39, 0.29) is 18.0 Å². The normalized spacial score (nSPS) is 25.4. The second-order valence-electron chi connectivity index (χ2n) is 5.06. The lowest BCUT2D eigenvalue weighted by atomic mass is 9.92. The van der Waals surface area contributed by atoms with Crippen LogP contribution in [0.5, 0.6) is 0 Å². The van der Waals surface area contributed by atoms with Gasteiger partial charge in [0.2, 0.25) is 5.91 Å². The monoisotopic (exact) mass is 247 g/mol. The molecule has 0 spiro atoms. The van der Waals surface area contributed by atoms with E-state index in [2.05, 4.69) is 22.5 Å². The molecule has 1 aromatic heterocycles. The first-order chi connectivity index (χ1) is 8.68. The van der Waals surface area contributed by atoms with Crippen LogP contribution in [0.25, 0.3) is 0 Å². The molecule has 1 aliphatic heterocycles. The molecule has 0 bridgehead atoms. The summed E-state index contributed by atoms with van der Waals surface area (Å²) in [5.74, 6) is 0.509. The molecule has 4 heteroatoms. The van der Waals surface area contributed by atoms with Gasteiger partial charge in [-0.1, -0.05) is 6.92 Å². The molecule has 1 saturated heterocycles. The van der Waals surface area contributed by atoms with Gasteiger partial charge in [0, 0.05) is 12.4 Å². The summed E-state index contributed by atoms with van der Waals surface area (Å²) in [5.41, 5.74) is 1.09. The average Bonchev–Trinajstić information content (AvgIpc) is 2.40. The van der Waals surface area contributed by atoms with Gasteiger partial charge in [0.05, 0.1) is 12.1 Å².